The van der Waals surface area contributed by atoms with Crippen molar-refractivity contribution >= 4 is 5.91 Å². The minimum Gasteiger partial charge on any atom is -0.495 e. The van der Waals surface area contributed by atoms with Crippen LogP contribution in [0.2, 0.25) is 0 Å². The molecule has 1 saturated heterocycles. The van der Waals surface area contributed by atoms with Gasteiger partial charge in [-0.1, -0.05) is 42.5 Å². The predicted octanol–water partition coefficient (Wildman–Crippen LogP) is 3.13. The summed E-state index contributed by atoms with van der Waals surface area (Å²) in [6, 6.07) is 13.2. The van der Waals surface area contributed by atoms with Crippen LogP contribution in [-0.4, -0.2) is 77.3 Å². The molecule has 0 radical (unpaired) electrons. The van der Waals surface area contributed by atoms with Gasteiger partial charge in [0.1, 0.15) is 17.6 Å². The highest BCUT2D eigenvalue weighted by Crippen LogP contribution is 2.69. The summed E-state index contributed by atoms with van der Waals surface area (Å²) in [7, 11) is 3.33. The molecule has 0 spiro atoms. The third kappa shape index (κ3) is 3.93. The summed E-state index contributed by atoms with van der Waals surface area (Å²) in [6.45, 7) is 2.13. The van der Waals surface area contributed by atoms with Crippen LogP contribution in [-0.2, 0) is 22.2 Å². The van der Waals surface area contributed by atoms with Crippen molar-refractivity contribution in [2.75, 3.05) is 40.3 Å². The standard InChI is InChI=1S/C30H30F3N3O5/c1-35-12-14-36(15-13-35)27(38)23-24(18-6-4-3-5-7-18)29(19-8-10-20(11-9-19)30(31,32)33)28(39,26(23)37)25-21(40-2)16-34-17-22(25)41-29/h3-11,16-17,23-24,26,37,39H,12-15H2,1-2H3/t23-,24-,26-,28+,29+/m1/s1. The maximum atomic E-state index is 14.3. The van der Waals surface area contributed by atoms with Gasteiger partial charge in [-0.25, -0.2) is 0 Å². The molecule has 1 aromatic heterocycles. The number of amides is 1. The molecule has 1 amide bonds. The highest BCUT2D eigenvalue weighted by Gasteiger charge is 2.78. The number of hydrogen-bond donors (Lipinski definition) is 2. The Kier molecular flexibility index (Phi) is 6.51. The predicted molar refractivity (Wildman–Crippen MR) is 141 cm³/mol. The monoisotopic (exact) mass is 569 g/mol. The highest BCUT2D eigenvalue weighted by atomic mass is 19.4. The van der Waals surface area contributed by atoms with Gasteiger partial charge in [0.05, 0.1) is 36.5 Å². The normalized spacial score (nSPS) is 29.5. The lowest BCUT2D eigenvalue weighted by atomic mass is 9.70. The van der Waals surface area contributed by atoms with Gasteiger partial charge in [-0.3, -0.25) is 9.78 Å². The Morgan fingerprint density at radius 3 is 2.32 bits per heavy atom. The second-order valence-corrected chi connectivity index (χ2v) is 10.9. The van der Waals surface area contributed by atoms with Crippen molar-refractivity contribution in [3.8, 4) is 11.5 Å². The van der Waals surface area contributed by atoms with E-state index in [0.29, 0.717) is 31.7 Å². The zero-order valence-corrected chi connectivity index (χ0v) is 22.5. The van der Waals surface area contributed by atoms with Crippen LogP contribution in [0.3, 0.4) is 0 Å². The van der Waals surface area contributed by atoms with E-state index < -0.39 is 40.9 Å². The number of fused-ring (bicyclic) bond motifs is 3. The van der Waals surface area contributed by atoms with E-state index in [4.69, 9.17) is 9.47 Å². The summed E-state index contributed by atoms with van der Waals surface area (Å²) in [6.07, 6.45) is -3.57. The summed E-state index contributed by atoms with van der Waals surface area (Å²) in [5, 5.41) is 24.9. The molecule has 11 heteroatoms. The van der Waals surface area contributed by atoms with Gasteiger partial charge < -0.3 is 29.5 Å². The van der Waals surface area contributed by atoms with Gasteiger partial charge in [0.15, 0.2) is 11.2 Å². The third-order valence-corrected chi connectivity index (χ3v) is 8.78. The average Bonchev–Trinajstić information content (AvgIpc) is 3.35. The fourth-order valence-electron chi connectivity index (χ4n) is 6.81. The van der Waals surface area contributed by atoms with E-state index in [1.165, 1.54) is 31.6 Å². The molecule has 2 N–H and O–H groups in total. The van der Waals surface area contributed by atoms with E-state index in [1.807, 2.05) is 7.05 Å². The maximum absolute atomic E-state index is 14.3. The van der Waals surface area contributed by atoms with E-state index in [9.17, 15) is 28.2 Å². The van der Waals surface area contributed by atoms with Crippen LogP contribution in [0.25, 0.3) is 0 Å². The van der Waals surface area contributed by atoms with Crippen LogP contribution in [0, 0.1) is 5.92 Å². The van der Waals surface area contributed by atoms with Crippen LogP contribution in [0.1, 0.15) is 28.2 Å². The molecular formula is C30H30F3N3O5. The van der Waals surface area contributed by atoms with Crippen molar-refractivity contribution in [2.45, 2.75) is 29.4 Å². The number of aliphatic hydroxyl groups excluding tert-OH is 1. The van der Waals surface area contributed by atoms with E-state index in [0.717, 1.165) is 12.1 Å². The number of likely N-dealkylation sites (N-methyl/N-ethyl adjacent to an activating group) is 1. The topological polar surface area (TPSA) is 95.4 Å². The smallest absolute Gasteiger partial charge is 0.416 e. The number of methoxy groups -OCH3 is 1. The van der Waals surface area contributed by atoms with Gasteiger partial charge in [-0.2, -0.15) is 13.2 Å². The maximum Gasteiger partial charge on any atom is 0.416 e. The molecule has 3 heterocycles. The molecule has 0 bridgehead atoms. The van der Waals surface area contributed by atoms with Gasteiger partial charge in [0.2, 0.25) is 5.91 Å². The van der Waals surface area contributed by atoms with Crippen molar-refractivity contribution in [1.82, 2.24) is 14.8 Å². The highest BCUT2D eigenvalue weighted by molar-refractivity contribution is 5.83. The molecule has 6 rings (SSSR count). The second kappa shape index (κ2) is 9.71. The first-order valence-electron chi connectivity index (χ1n) is 13.4. The lowest BCUT2D eigenvalue weighted by Gasteiger charge is -2.41. The molecule has 0 unspecified atom stereocenters. The van der Waals surface area contributed by atoms with E-state index in [2.05, 4.69) is 9.88 Å². The zero-order valence-electron chi connectivity index (χ0n) is 22.5. The largest absolute Gasteiger partial charge is 0.495 e. The Morgan fingerprint density at radius 2 is 1.71 bits per heavy atom. The molecule has 216 valence electrons. The fourth-order valence-corrected chi connectivity index (χ4v) is 6.81. The Labute approximate surface area is 234 Å². The number of pyridine rings is 1. The Balaban J connectivity index is 1.61. The van der Waals surface area contributed by atoms with Crippen molar-refractivity contribution in [1.29, 1.82) is 0 Å². The minimum atomic E-state index is -4.59. The van der Waals surface area contributed by atoms with Crippen LogP contribution in [0.4, 0.5) is 13.2 Å². The van der Waals surface area contributed by atoms with E-state index in [1.54, 1.807) is 35.2 Å². The number of hydrogen-bond acceptors (Lipinski definition) is 7. The van der Waals surface area contributed by atoms with E-state index >= 15 is 0 Å². The Hall–Kier alpha value is -3.67. The number of ether oxygens (including phenoxy) is 2. The van der Waals surface area contributed by atoms with Gasteiger partial charge >= 0.3 is 6.18 Å². The summed E-state index contributed by atoms with van der Waals surface area (Å²) in [4.78, 5) is 22.2. The summed E-state index contributed by atoms with van der Waals surface area (Å²) < 4.78 is 52.8. The first-order valence-corrected chi connectivity index (χ1v) is 13.4. The number of benzene rings is 2. The summed E-state index contributed by atoms with van der Waals surface area (Å²) >= 11 is 0. The Bertz CT molecular complexity index is 1450. The minimum absolute atomic E-state index is 0.0945. The fraction of sp³-hybridized carbons (Fsp3) is 0.400. The van der Waals surface area contributed by atoms with Crippen molar-refractivity contribution in [3.63, 3.8) is 0 Å². The third-order valence-electron chi connectivity index (χ3n) is 8.78. The summed E-state index contributed by atoms with van der Waals surface area (Å²) in [5.41, 5.74) is -4.22. The molecule has 3 aliphatic rings. The van der Waals surface area contributed by atoms with Crippen molar-refractivity contribution in [2.24, 2.45) is 5.92 Å². The first kappa shape index (κ1) is 27.5. The number of piperazine rings is 1. The quantitative estimate of drug-likeness (QED) is 0.499. The number of aliphatic hydroxyl groups is 2. The molecule has 1 saturated carbocycles. The lowest BCUT2D eigenvalue weighted by Crippen LogP contribution is -2.52. The van der Waals surface area contributed by atoms with Crippen LogP contribution >= 0.6 is 0 Å². The molecule has 2 aliphatic heterocycles. The molecule has 1 aliphatic carbocycles. The van der Waals surface area contributed by atoms with E-state index in [-0.39, 0.29) is 28.5 Å². The summed E-state index contributed by atoms with van der Waals surface area (Å²) in [5.74, 6) is -2.33. The number of nitrogens with zero attached hydrogens (tertiary/aromatic N) is 3. The number of rotatable bonds is 4. The molecule has 2 aromatic carbocycles. The second-order valence-electron chi connectivity index (χ2n) is 10.9. The molecule has 5 atom stereocenters. The van der Waals surface area contributed by atoms with Crippen LogP contribution in [0.15, 0.2) is 67.0 Å². The Morgan fingerprint density at radius 1 is 1.05 bits per heavy atom. The number of carbonyl (C=O) groups excluding carboxylic acids is 1. The molecule has 41 heavy (non-hydrogen) atoms. The van der Waals surface area contributed by atoms with Gasteiger partial charge in [0.25, 0.3) is 0 Å². The first-order chi connectivity index (χ1) is 19.5. The lowest BCUT2D eigenvalue weighted by molar-refractivity contribution is -0.157. The van der Waals surface area contributed by atoms with Crippen molar-refractivity contribution < 1.29 is 37.7 Å². The van der Waals surface area contributed by atoms with Crippen LogP contribution < -0.4 is 9.47 Å². The number of alkyl halides is 3. The van der Waals surface area contributed by atoms with Crippen LogP contribution in [0.5, 0.6) is 11.5 Å². The van der Waals surface area contributed by atoms with Gasteiger partial charge in [-0.05, 0) is 30.3 Å². The average molecular weight is 570 g/mol. The molecule has 2 fully saturated rings. The molecule has 8 nitrogen and oxygen atoms in total. The van der Waals surface area contributed by atoms with Gasteiger partial charge in [-0.15, -0.1) is 0 Å². The van der Waals surface area contributed by atoms with Crippen molar-refractivity contribution in [3.05, 3.63) is 89.2 Å². The molecular weight excluding hydrogens is 539 g/mol. The zero-order chi connectivity index (χ0) is 29.2. The number of aromatic nitrogens is 1. The SMILES string of the molecule is COc1cncc2c1[C@]1(O)[C@H](O)[C@H](C(=O)N3CCN(C)CC3)[C@@H](c3ccccc3)[C@]1(c1ccc(C(F)(F)F)cc1)O2. The number of halogens is 3. The van der Waals surface area contributed by atoms with Gasteiger partial charge in [0, 0.05) is 32.1 Å². The molecule has 3 aromatic rings. The number of carbonyl (C=O) groups is 1.